The van der Waals surface area contributed by atoms with Crippen LogP contribution in [-0.2, 0) is 18.9 Å². The maximum Gasteiger partial charge on any atom is 0.186 e. The van der Waals surface area contributed by atoms with Gasteiger partial charge in [-0.1, -0.05) is 0 Å². The van der Waals surface area contributed by atoms with Crippen molar-refractivity contribution in [3.63, 3.8) is 0 Å². The van der Waals surface area contributed by atoms with Gasteiger partial charge in [-0.05, 0) is 0 Å². The Morgan fingerprint density at radius 2 is 1.69 bits per heavy atom. The molecule has 1 rings (SSSR count). The average molecular weight is 192 g/mol. The molecule has 0 aliphatic carbocycles. The summed E-state index contributed by atoms with van der Waals surface area (Å²) in [7, 11) is 4.65. The lowest BCUT2D eigenvalue weighted by atomic mass is 10.1. The average Bonchev–Trinajstić information content (AvgIpc) is 2.54. The van der Waals surface area contributed by atoms with E-state index in [9.17, 15) is 0 Å². The summed E-state index contributed by atoms with van der Waals surface area (Å²) >= 11 is 0. The Hall–Kier alpha value is -0.200. The second kappa shape index (κ2) is 4.88. The van der Waals surface area contributed by atoms with Crippen LogP contribution in [0.25, 0.3) is 0 Å². The third-order valence-electron chi connectivity index (χ3n) is 2.22. The van der Waals surface area contributed by atoms with Gasteiger partial charge in [-0.15, -0.1) is 0 Å². The Labute approximate surface area is 77.5 Å². The molecule has 78 valence electrons. The highest BCUT2D eigenvalue weighted by molar-refractivity contribution is 4.88. The van der Waals surface area contributed by atoms with E-state index in [1.165, 1.54) is 7.11 Å². The molecule has 13 heavy (non-hydrogen) atoms. The van der Waals surface area contributed by atoms with Crippen molar-refractivity contribution in [3.8, 4) is 0 Å². The topological polar surface area (TPSA) is 57.2 Å². The maximum absolute atomic E-state index is 8.98. The van der Waals surface area contributed by atoms with Crippen LogP contribution in [0.5, 0.6) is 0 Å². The molecule has 0 aromatic rings. The molecule has 4 atom stereocenters. The van der Waals surface area contributed by atoms with Crippen LogP contribution in [0.15, 0.2) is 0 Å². The lowest BCUT2D eigenvalue weighted by Gasteiger charge is -2.19. The molecule has 0 saturated carbocycles. The van der Waals surface area contributed by atoms with Crippen LogP contribution < -0.4 is 0 Å². The van der Waals surface area contributed by atoms with Crippen molar-refractivity contribution in [1.29, 1.82) is 0 Å². The zero-order valence-electron chi connectivity index (χ0n) is 8.10. The Morgan fingerprint density at radius 3 is 2.08 bits per heavy atom. The van der Waals surface area contributed by atoms with Gasteiger partial charge >= 0.3 is 0 Å². The number of methoxy groups -OCH3 is 3. The molecule has 0 bridgehead atoms. The van der Waals surface area contributed by atoms with E-state index in [1.807, 2.05) is 0 Å². The van der Waals surface area contributed by atoms with Gasteiger partial charge in [0.2, 0.25) is 0 Å². The molecule has 0 unspecified atom stereocenters. The summed E-state index contributed by atoms with van der Waals surface area (Å²) in [4.78, 5) is 0. The molecular weight excluding hydrogens is 176 g/mol. The third kappa shape index (κ3) is 2.00. The van der Waals surface area contributed by atoms with Crippen molar-refractivity contribution in [2.24, 2.45) is 0 Å². The first-order chi connectivity index (χ1) is 6.28. The molecule has 1 saturated heterocycles. The zero-order valence-corrected chi connectivity index (χ0v) is 8.10. The largest absolute Gasteiger partial charge is 0.394 e. The fourth-order valence-corrected chi connectivity index (χ4v) is 1.56. The predicted molar refractivity (Wildman–Crippen MR) is 44.3 cm³/mol. The van der Waals surface area contributed by atoms with E-state index in [-0.39, 0.29) is 24.9 Å². The number of aliphatic hydroxyl groups excluding tert-OH is 1. The third-order valence-corrected chi connectivity index (χ3v) is 2.22. The van der Waals surface area contributed by atoms with E-state index < -0.39 is 6.29 Å². The highest BCUT2D eigenvalue weighted by Gasteiger charge is 2.45. The Kier molecular flexibility index (Phi) is 4.08. The molecule has 0 aromatic carbocycles. The summed E-state index contributed by atoms with van der Waals surface area (Å²) < 4.78 is 20.7. The second-order valence-electron chi connectivity index (χ2n) is 2.86. The molecule has 5 heteroatoms. The van der Waals surface area contributed by atoms with Crippen molar-refractivity contribution in [2.45, 2.75) is 24.6 Å². The van der Waals surface area contributed by atoms with Crippen LogP contribution in [0.2, 0.25) is 0 Å². The standard InChI is InChI=1S/C8H16O5/c1-10-6-5(4-9)13-8(12-3)7(6)11-2/h5-9H,4H2,1-3H3/t5-,6-,7-,8-/m1/s1. The summed E-state index contributed by atoms with van der Waals surface area (Å²) in [5.41, 5.74) is 0. The smallest absolute Gasteiger partial charge is 0.186 e. The second-order valence-corrected chi connectivity index (χ2v) is 2.86. The van der Waals surface area contributed by atoms with Crippen LogP contribution in [0, 0.1) is 0 Å². The van der Waals surface area contributed by atoms with E-state index in [4.69, 9.17) is 24.1 Å². The van der Waals surface area contributed by atoms with Crippen LogP contribution in [0.1, 0.15) is 0 Å². The Balaban J connectivity index is 2.65. The Morgan fingerprint density at radius 1 is 1.08 bits per heavy atom. The highest BCUT2D eigenvalue weighted by Crippen LogP contribution is 2.25. The molecule has 1 N–H and O–H groups in total. The first-order valence-corrected chi connectivity index (χ1v) is 4.13. The van der Waals surface area contributed by atoms with Gasteiger partial charge in [0.15, 0.2) is 6.29 Å². The summed E-state index contributed by atoms with van der Waals surface area (Å²) in [5, 5.41) is 8.98. The zero-order chi connectivity index (χ0) is 9.84. The van der Waals surface area contributed by atoms with Crippen LogP contribution in [-0.4, -0.2) is 57.6 Å². The minimum Gasteiger partial charge on any atom is -0.394 e. The van der Waals surface area contributed by atoms with E-state index >= 15 is 0 Å². The molecule has 0 radical (unpaired) electrons. The SMILES string of the molecule is CO[C@@H]1O[C@H](CO)[C@@H](OC)[C@H]1OC. The van der Waals surface area contributed by atoms with E-state index in [2.05, 4.69) is 0 Å². The van der Waals surface area contributed by atoms with Crippen LogP contribution in [0.4, 0.5) is 0 Å². The molecule has 1 heterocycles. The summed E-state index contributed by atoms with van der Waals surface area (Å²) in [6, 6.07) is 0. The molecule has 1 fully saturated rings. The molecular formula is C8H16O5. The van der Waals surface area contributed by atoms with Gasteiger partial charge in [-0.2, -0.15) is 0 Å². The first kappa shape index (κ1) is 10.9. The molecule has 0 spiro atoms. The van der Waals surface area contributed by atoms with Gasteiger partial charge in [0.25, 0.3) is 0 Å². The van der Waals surface area contributed by atoms with E-state index in [0.717, 1.165) is 0 Å². The quantitative estimate of drug-likeness (QED) is 0.643. The van der Waals surface area contributed by atoms with E-state index in [0.29, 0.717) is 0 Å². The Bertz CT molecular complexity index is 135. The van der Waals surface area contributed by atoms with Gasteiger partial charge < -0.3 is 24.1 Å². The van der Waals surface area contributed by atoms with Crippen LogP contribution >= 0.6 is 0 Å². The highest BCUT2D eigenvalue weighted by atomic mass is 16.7. The first-order valence-electron chi connectivity index (χ1n) is 4.13. The summed E-state index contributed by atoms with van der Waals surface area (Å²) in [5.74, 6) is 0. The van der Waals surface area contributed by atoms with Crippen LogP contribution in [0.3, 0.4) is 0 Å². The van der Waals surface area contributed by atoms with Gasteiger partial charge in [0.05, 0.1) is 6.61 Å². The minimum absolute atomic E-state index is 0.0990. The lowest BCUT2D eigenvalue weighted by molar-refractivity contribution is -0.159. The summed E-state index contributed by atoms with van der Waals surface area (Å²) in [6.45, 7) is -0.0990. The normalized spacial score (nSPS) is 39.7. The number of ether oxygens (including phenoxy) is 4. The van der Waals surface area contributed by atoms with Crippen molar-refractivity contribution in [3.05, 3.63) is 0 Å². The fraction of sp³-hybridized carbons (Fsp3) is 1.00. The maximum atomic E-state index is 8.98. The molecule has 1 aliphatic heterocycles. The number of hydrogen-bond donors (Lipinski definition) is 1. The molecule has 1 aliphatic rings. The van der Waals surface area contributed by atoms with Gasteiger partial charge in [0.1, 0.15) is 18.3 Å². The minimum atomic E-state index is -0.466. The van der Waals surface area contributed by atoms with Gasteiger partial charge in [-0.25, -0.2) is 0 Å². The van der Waals surface area contributed by atoms with Crippen molar-refractivity contribution < 1.29 is 24.1 Å². The number of rotatable bonds is 4. The van der Waals surface area contributed by atoms with Crippen molar-refractivity contribution >= 4 is 0 Å². The van der Waals surface area contributed by atoms with Crippen molar-refractivity contribution in [1.82, 2.24) is 0 Å². The lowest BCUT2D eigenvalue weighted by Crippen LogP contribution is -2.37. The predicted octanol–water partition coefficient (Wildman–Crippen LogP) is -0.620. The number of aliphatic hydroxyl groups is 1. The monoisotopic (exact) mass is 192 g/mol. The number of hydrogen-bond acceptors (Lipinski definition) is 5. The molecule has 5 nitrogen and oxygen atoms in total. The molecule has 0 aromatic heterocycles. The molecule has 0 amide bonds. The van der Waals surface area contributed by atoms with E-state index in [1.54, 1.807) is 14.2 Å². The van der Waals surface area contributed by atoms with Gasteiger partial charge in [0, 0.05) is 21.3 Å². The fourth-order valence-electron chi connectivity index (χ4n) is 1.56. The van der Waals surface area contributed by atoms with Crippen molar-refractivity contribution in [2.75, 3.05) is 27.9 Å². The summed E-state index contributed by atoms with van der Waals surface area (Å²) in [6.07, 6.45) is -1.40. The van der Waals surface area contributed by atoms with Gasteiger partial charge in [-0.3, -0.25) is 0 Å².